The van der Waals surface area contributed by atoms with Crippen molar-refractivity contribution in [2.75, 3.05) is 32.6 Å². The molecule has 0 spiro atoms. The maximum absolute atomic E-state index is 5.71. The fourth-order valence-electron chi connectivity index (χ4n) is 6.07. The summed E-state index contributed by atoms with van der Waals surface area (Å²) in [5.74, 6) is 1.68. The van der Waals surface area contributed by atoms with Gasteiger partial charge in [0.15, 0.2) is 5.82 Å². The van der Waals surface area contributed by atoms with Crippen molar-refractivity contribution in [2.45, 2.75) is 70.7 Å². The van der Waals surface area contributed by atoms with E-state index in [1.54, 1.807) is 7.11 Å². The maximum atomic E-state index is 5.71. The monoisotopic (exact) mass is 489 g/mol. The van der Waals surface area contributed by atoms with Crippen molar-refractivity contribution in [1.29, 1.82) is 0 Å². The van der Waals surface area contributed by atoms with Gasteiger partial charge in [-0.3, -0.25) is 9.58 Å². The predicted molar refractivity (Wildman–Crippen MR) is 144 cm³/mol. The molecule has 0 atom stereocenters. The van der Waals surface area contributed by atoms with E-state index in [0.717, 1.165) is 66.4 Å². The Kier molecular flexibility index (Phi) is 6.29. The number of methoxy groups -OCH3 is 1. The third-order valence-corrected chi connectivity index (χ3v) is 7.58. The molecular formula is C28H39N7O. The molecule has 0 unspecified atom stereocenters. The molecule has 1 saturated heterocycles. The molecule has 2 aliphatic heterocycles. The zero-order valence-electron chi connectivity index (χ0n) is 22.7. The maximum Gasteiger partial charge on any atom is 0.151 e. The number of rotatable bonds is 5. The number of anilines is 1. The molecule has 0 aliphatic carbocycles. The first kappa shape index (κ1) is 24.7. The number of hydrogen-bond donors (Lipinski definition) is 1. The predicted octanol–water partition coefficient (Wildman–Crippen LogP) is 4.21. The number of fused-ring (bicyclic) bond motifs is 1. The van der Waals surface area contributed by atoms with Gasteiger partial charge < -0.3 is 15.0 Å². The topological polar surface area (TPSA) is 71.3 Å². The minimum Gasteiger partial charge on any atom is -0.496 e. The number of benzene rings is 1. The van der Waals surface area contributed by atoms with Crippen molar-refractivity contribution in [1.82, 2.24) is 30.2 Å². The summed E-state index contributed by atoms with van der Waals surface area (Å²) in [6.45, 7) is 11.9. The lowest BCUT2D eigenvalue weighted by molar-refractivity contribution is 0.160. The van der Waals surface area contributed by atoms with Gasteiger partial charge in [0.25, 0.3) is 0 Å². The summed E-state index contributed by atoms with van der Waals surface area (Å²) in [5, 5.41) is 17.7. The molecule has 192 valence electrons. The Morgan fingerprint density at radius 1 is 1.00 bits per heavy atom. The highest BCUT2D eigenvalue weighted by Crippen LogP contribution is 2.36. The first-order chi connectivity index (χ1) is 17.0. The van der Waals surface area contributed by atoms with Crippen molar-refractivity contribution >= 4 is 5.82 Å². The quantitative estimate of drug-likeness (QED) is 0.576. The number of likely N-dealkylation sites (N-methyl/N-ethyl adjacent to an activating group) is 1. The molecule has 36 heavy (non-hydrogen) atoms. The van der Waals surface area contributed by atoms with Gasteiger partial charge in [0.1, 0.15) is 5.75 Å². The van der Waals surface area contributed by atoms with Crippen molar-refractivity contribution in [3.8, 4) is 28.1 Å². The van der Waals surface area contributed by atoms with Gasteiger partial charge in [-0.15, -0.1) is 10.2 Å². The van der Waals surface area contributed by atoms with E-state index in [-0.39, 0.29) is 11.1 Å². The Morgan fingerprint density at radius 2 is 1.75 bits per heavy atom. The Labute approximate surface area is 214 Å². The zero-order chi connectivity index (χ0) is 25.7. The fraction of sp³-hybridized carbons (Fsp3) is 0.536. The van der Waals surface area contributed by atoms with Crippen LogP contribution < -0.4 is 15.0 Å². The van der Waals surface area contributed by atoms with Crippen molar-refractivity contribution in [3.63, 3.8) is 0 Å². The first-order valence-corrected chi connectivity index (χ1v) is 12.8. The molecule has 1 N–H and O–H groups in total. The third-order valence-electron chi connectivity index (χ3n) is 7.58. The highest BCUT2D eigenvalue weighted by molar-refractivity contribution is 5.77. The summed E-state index contributed by atoms with van der Waals surface area (Å²) >= 11 is 0. The van der Waals surface area contributed by atoms with Crippen LogP contribution in [0.5, 0.6) is 5.75 Å². The van der Waals surface area contributed by atoms with Crippen LogP contribution in [0.2, 0.25) is 0 Å². The van der Waals surface area contributed by atoms with Gasteiger partial charge in [0, 0.05) is 48.4 Å². The number of ether oxygens (including phenoxy) is 1. The van der Waals surface area contributed by atoms with Gasteiger partial charge in [-0.2, -0.15) is 5.10 Å². The summed E-state index contributed by atoms with van der Waals surface area (Å²) in [6.07, 6.45) is 4.08. The van der Waals surface area contributed by atoms with E-state index < -0.39 is 0 Å². The zero-order valence-corrected chi connectivity index (χ0v) is 22.7. The van der Waals surface area contributed by atoms with Gasteiger partial charge in [-0.05, 0) is 77.4 Å². The van der Waals surface area contributed by atoms with Gasteiger partial charge in [-0.1, -0.05) is 6.07 Å². The van der Waals surface area contributed by atoms with Crippen molar-refractivity contribution < 1.29 is 4.74 Å². The Hall–Kier alpha value is -2.97. The van der Waals surface area contributed by atoms with Crippen LogP contribution in [0.3, 0.4) is 0 Å². The molecule has 0 amide bonds. The molecule has 5 rings (SSSR count). The van der Waals surface area contributed by atoms with Crippen molar-refractivity contribution in [2.24, 2.45) is 0 Å². The van der Waals surface area contributed by atoms with Crippen LogP contribution in [0.15, 0.2) is 36.5 Å². The van der Waals surface area contributed by atoms with Gasteiger partial charge in [0.2, 0.25) is 0 Å². The van der Waals surface area contributed by atoms with E-state index in [0.29, 0.717) is 6.04 Å². The normalized spacial score (nSPS) is 19.6. The van der Waals surface area contributed by atoms with Crippen LogP contribution in [0.1, 0.15) is 46.2 Å². The second kappa shape index (κ2) is 9.16. The average molecular weight is 490 g/mol. The SMILES string of the molecule is COc1ccc(-c2cnn3c2CN(C)CC3)cc1-c1ccc(N(C)C2CC(C)(C)NC(C)(C)C2)nn1. The molecule has 0 saturated carbocycles. The molecule has 3 aromatic rings. The van der Waals surface area contributed by atoms with E-state index in [1.165, 1.54) is 5.69 Å². The molecule has 1 fully saturated rings. The summed E-state index contributed by atoms with van der Waals surface area (Å²) in [7, 11) is 5.98. The molecule has 2 aromatic heterocycles. The highest BCUT2D eigenvalue weighted by atomic mass is 16.5. The van der Waals surface area contributed by atoms with Gasteiger partial charge in [0.05, 0.1) is 31.2 Å². The smallest absolute Gasteiger partial charge is 0.151 e. The lowest BCUT2D eigenvalue weighted by atomic mass is 9.79. The summed E-state index contributed by atoms with van der Waals surface area (Å²) in [5.41, 5.74) is 5.40. The summed E-state index contributed by atoms with van der Waals surface area (Å²) in [6, 6.07) is 10.8. The Balaban J connectivity index is 1.43. The van der Waals surface area contributed by atoms with Crippen LogP contribution in [-0.2, 0) is 13.1 Å². The minimum atomic E-state index is 0.0732. The lowest BCUT2D eigenvalue weighted by Gasteiger charge is -2.49. The molecule has 1 aromatic carbocycles. The standard InChI is InChI=1S/C28H39N7O/c1-27(2)15-20(16-28(3,4)32-27)34(6)26-11-9-23(30-31-26)21-14-19(8-10-25(21)36-7)22-17-29-35-13-12-33(5)18-24(22)35/h8-11,14,17,20,32H,12-13,15-16,18H2,1-7H3. The lowest BCUT2D eigenvalue weighted by Crippen LogP contribution is -2.62. The first-order valence-electron chi connectivity index (χ1n) is 12.8. The Morgan fingerprint density at radius 3 is 2.42 bits per heavy atom. The molecule has 8 heteroatoms. The number of nitrogens with zero attached hydrogens (tertiary/aromatic N) is 6. The highest BCUT2D eigenvalue weighted by Gasteiger charge is 2.39. The number of piperidine rings is 1. The second-order valence-corrected chi connectivity index (χ2v) is 11.7. The second-order valence-electron chi connectivity index (χ2n) is 11.7. The van der Waals surface area contributed by atoms with Crippen LogP contribution in [0, 0.1) is 0 Å². The fourth-order valence-corrected chi connectivity index (χ4v) is 6.07. The minimum absolute atomic E-state index is 0.0732. The van der Waals surface area contributed by atoms with Gasteiger partial charge in [-0.25, -0.2) is 0 Å². The van der Waals surface area contributed by atoms with Crippen LogP contribution in [0.25, 0.3) is 22.4 Å². The summed E-state index contributed by atoms with van der Waals surface area (Å²) < 4.78 is 7.82. The van der Waals surface area contributed by atoms with E-state index >= 15 is 0 Å². The van der Waals surface area contributed by atoms with E-state index in [1.807, 2.05) is 12.3 Å². The molecule has 0 bridgehead atoms. The van der Waals surface area contributed by atoms with E-state index in [2.05, 4.69) is 101 Å². The number of aromatic nitrogens is 4. The largest absolute Gasteiger partial charge is 0.496 e. The molecule has 8 nitrogen and oxygen atoms in total. The number of nitrogens with one attached hydrogen (secondary N) is 1. The molecule has 4 heterocycles. The van der Waals surface area contributed by atoms with Crippen LogP contribution >= 0.6 is 0 Å². The average Bonchev–Trinajstić information content (AvgIpc) is 3.24. The third kappa shape index (κ3) is 4.84. The van der Waals surface area contributed by atoms with E-state index in [9.17, 15) is 0 Å². The molecule has 2 aliphatic rings. The van der Waals surface area contributed by atoms with Crippen LogP contribution in [-0.4, -0.2) is 69.7 Å². The van der Waals surface area contributed by atoms with Gasteiger partial charge >= 0.3 is 0 Å². The Bertz CT molecular complexity index is 1220. The van der Waals surface area contributed by atoms with Crippen molar-refractivity contribution in [3.05, 3.63) is 42.2 Å². The molecule has 0 radical (unpaired) electrons. The van der Waals surface area contributed by atoms with Crippen LogP contribution in [0.4, 0.5) is 5.82 Å². The van der Waals surface area contributed by atoms with E-state index in [4.69, 9.17) is 4.74 Å². The molecular weight excluding hydrogens is 450 g/mol. The number of hydrogen-bond acceptors (Lipinski definition) is 7. The summed E-state index contributed by atoms with van der Waals surface area (Å²) in [4.78, 5) is 4.61.